The maximum Gasteiger partial charge on any atom is 0.220 e. The summed E-state index contributed by atoms with van der Waals surface area (Å²) in [4.78, 5) is 11.8. The molecule has 0 spiro atoms. The van der Waals surface area contributed by atoms with E-state index in [0.29, 0.717) is 12.0 Å². The van der Waals surface area contributed by atoms with Crippen LogP contribution in [0, 0.1) is 5.82 Å². The minimum Gasteiger partial charge on any atom is -0.383 e. The highest BCUT2D eigenvalue weighted by Crippen LogP contribution is 2.18. The van der Waals surface area contributed by atoms with Crippen LogP contribution < -0.4 is 5.32 Å². The van der Waals surface area contributed by atoms with E-state index < -0.39 is 5.60 Å². The molecule has 5 nitrogen and oxygen atoms in total. The fraction of sp³-hybridized carbons (Fsp3) is 0.375. The molecule has 1 atom stereocenters. The normalized spacial score (nSPS) is 13.6. The Balaban J connectivity index is 1.82. The third-order valence-electron chi connectivity index (χ3n) is 3.49. The molecule has 2 N–H and O–H groups in total. The monoisotopic (exact) mass is 305 g/mol. The number of aryl methyl sites for hydroxylation is 2. The Kier molecular flexibility index (Phi) is 4.92. The molecule has 2 rings (SSSR count). The van der Waals surface area contributed by atoms with E-state index in [-0.39, 0.29) is 24.7 Å². The zero-order valence-corrected chi connectivity index (χ0v) is 12.7. The van der Waals surface area contributed by atoms with Crippen LogP contribution in [0.15, 0.2) is 36.7 Å². The van der Waals surface area contributed by atoms with Gasteiger partial charge in [0.25, 0.3) is 0 Å². The first-order valence-corrected chi connectivity index (χ1v) is 7.09. The number of carbonyl (C=O) groups is 1. The van der Waals surface area contributed by atoms with Crippen molar-refractivity contribution in [2.24, 2.45) is 7.05 Å². The van der Waals surface area contributed by atoms with Crippen molar-refractivity contribution in [2.75, 3.05) is 6.54 Å². The highest BCUT2D eigenvalue weighted by molar-refractivity contribution is 5.76. The number of amides is 1. The fourth-order valence-corrected chi connectivity index (χ4v) is 2.11. The third-order valence-corrected chi connectivity index (χ3v) is 3.49. The lowest BCUT2D eigenvalue weighted by Gasteiger charge is -2.22. The highest BCUT2D eigenvalue weighted by atomic mass is 19.1. The summed E-state index contributed by atoms with van der Waals surface area (Å²) in [7, 11) is 1.76. The molecule has 1 unspecified atom stereocenters. The standard InChI is InChI=1S/C16H20FN3O2/c1-16(22,13-9-19-20(2)10-13)11-18-15(21)7-6-12-4-3-5-14(17)8-12/h3-5,8-10,22H,6-7,11H2,1-2H3,(H,18,21). The van der Waals surface area contributed by atoms with Gasteiger partial charge in [-0.15, -0.1) is 0 Å². The molecule has 0 saturated carbocycles. The molecule has 0 bridgehead atoms. The van der Waals surface area contributed by atoms with Crippen LogP contribution in [0.25, 0.3) is 0 Å². The largest absolute Gasteiger partial charge is 0.383 e. The summed E-state index contributed by atoms with van der Waals surface area (Å²) in [6.07, 6.45) is 3.98. The number of benzene rings is 1. The highest BCUT2D eigenvalue weighted by Gasteiger charge is 2.25. The van der Waals surface area contributed by atoms with Gasteiger partial charge in [0, 0.05) is 25.2 Å². The first kappa shape index (κ1) is 16.2. The average Bonchev–Trinajstić information content (AvgIpc) is 2.91. The van der Waals surface area contributed by atoms with Gasteiger partial charge >= 0.3 is 0 Å². The van der Waals surface area contributed by atoms with Crippen molar-refractivity contribution < 1.29 is 14.3 Å². The molecule has 1 heterocycles. The van der Waals surface area contributed by atoms with Gasteiger partial charge in [0.05, 0.1) is 12.7 Å². The van der Waals surface area contributed by atoms with Gasteiger partial charge in [-0.05, 0) is 31.0 Å². The number of hydrogen-bond acceptors (Lipinski definition) is 3. The van der Waals surface area contributed by atoms with Crippen molar-refractivity contribution >= 4 is 5.91 Å². The molecular formula is C16H20FN3O2. The second-order valence-electron chi connectivity index (χ2n) is 5.58. The van der Waals surface area contributed by atoms with Crippen molar-refractivity contribution in [3.63, 3.8) is 0 Å². The van der Waals surface area contributed by atoms with E-state index in [4.69, 9.17) is 0 Å². The summed E-state index contributed by atoms with van der Waals surface area (Å²) in [6.45, 7) is 1.72. The van der Waals surface area contributed by atoms with E-state index in [1.54, 1.807) is 43.2 Å². The van der Waals surface area contributed by atoms with Gasteiger partial charge in [0.2, 0.25) is 5.91 Å². The Bertz CT molecular complexity index is 652. The van der Waals surface area contributed by atoms with Crippen LogP contribution >= 0.6 is 0 Å². The van der Waals surface area contributed by atoms with Gasteiger partial charge in [0.1, 0.15) is 11.4 Å². The molecule has 0 saturated heterocycles. The quantitative estimate of drug-likeness (QED) is 0.850. The first-order chi connectivity index (χ1) is 10.4. The summed E-state index contributed by atoms with van der Waals surface area (Å²) in [5, 5.41) is 17.1. The minimum atomic E-state index is -1.18. The first-order valence-electron chi connectivity index (χ1n) is 7.09. The Morgan fingerprint density at radius 2 is 2.27 bits per heavy atom. The van der Waals surface area contributed by atoms with E-state index in [1.165, 1.54) is 12.1 Å². The van der Waals surface area contributed by atoms with Crippen LogP contribution in [0.3, 0.4) is 0 Å². The van der Waals surface area contributed by atoms with Gasteiger partial charge in [-0.2, -0.15) is 5.10 Å². The molecule has 0 aliphatic heterocycles. The van der Waals surface area contributed by atoms with E-state index in [1.807, 2.05) is 0 Å². The molecule has 0 aliphatic carbocycles. The van der Waals surface area contributed by atoms with Gasteiger partial charge in [-0.3, -0.25) is 9.48 Å². The summed E-state index contributed by atoms with van der Waals surface area (Å²) < 4.78 is 14.6. The second kappa shape index (κ2) is 6.70. The summed E-state index contributed by atoms with van der Waals surface area (Å²) in [6, 6.07) is 6.19. The lowest BCUT2D eigenvalue weighted by atomic mass is 9.99. The van der Waals surface area contributed by atoms with Crippen LogP contribution in [0.5, 0.6) is 0 Å². The molecule has 1 aromatic carbocycles. The van der Waals surface area contributed by atoms with E-state index in [0.717, 1.165) is 5.56 Å². The zero-order valence-electron chi connectivity index (χ0n) is 12.7. The van der Waals surface area contributed by atoms with Crippen LogP contribution in [0.1, 0.15) is 24.5 Å². The number of aromatic nitrogens is 2. The van der Waals surface area contributed by atoms with Crippen LogP contribution in [-0.4, -0.2) is 27.3 Å². The van der Waals surface area contributed by atoms with Gasteiger partial charge in [-0.25, -0.2) is 4.39 Å². The summed E-state index contributed by atoms with van der Waals surface area (Å²) in [5.74, 6) is -0.495. The van der Waals surface area contributed by atoms with Crippen molar-refractivity contribution in [1.29, 1.82) is 0 Å². The van der Waals surface area contributed by atoms with Gasteiger partial charge in [-0.1, -0.05) is 12.1 Å². The smallest absolute Gasteiger partial charge is 0.220 e. The zero-order chi connectivity index (χ0) is 16.2. The van der Waals surface area contributed by atoms with E-state index in [9.17, 15) is 14.3 Å². The molecule has 1 amide bonds. The van der Waals surface area contributed by atoms with Crippen LogP contribution in [-0.2, 0) is 23.9 Å². The number of hydrogen-bond donors (Lipinski definition) is 2. The summed E-state index contributed by atoms with van der Waals surface area (Å²) >= 11 is 0. The summed E-state index contributed by atoms with van der Waals surface area (Å²) in [5.41, 5.74) is 0.234. The van der Waals surface area contributed by atoms with Crippen molar-refractivity contribution in [3.05, 3.63) is 53.6 Å². The predicted molar refractivity (Wildman–Crippen MR) is 80.5 cm³/mol. The van der Waals surface area contributed by atoms with Crippen LogP contribution in [0.2, 0.25) is 0 Å². The lowest BCUT2D eigenvalue weighted by Crippen LogP contribution is -2.38. The molecule has 0 aliphatic rings. The minimum absolute atomic E-state index is 0.0979. The number of rotatable bonds is 6. The maximum atomic E-state index is 13.0. The number of nitrogens with zero attached hydrogens (tertiary/aromatic N) is 2. The molecule has 6 heteroatoms. The van der Waals surface area contributed by atoms with Crippen molar-refractivity contribution in [2.45, 2.75) is 25.4 Å². The Labute approximate surface area is 128 Å². The number of aliphatic hydroxyl groups is 1. The Morgan fingerprint density at radius 1 is 1.50 bits per heavy atom. The van der Waals surface area contributed by atoms with Crippen molar-refractivity contribution in [1.82, 2.24) is 15.1 Å². The molecule has 22 heavy (non-hydrogen) atoms. The molecule has 1 aromatic heterocycles. The lowest BCUT2D eigenvalue weighted by molar-refractivity contribution is -0.122. The Hall–Kier alpha value is -2.21. The maximum absolute atomic E-state index is 13.0. The SMILES string of the molecule is Cn1cc(C(C)(O)CNC(=O)CCc2cccc(F)c2)cn1. The van der Waals surface area contributed by atoms with Crippen molar-refractivity contribution in [3.8, 4) is 0 Å². The van der Waals surface area contributed by atoms with Gasteiger partial charge < -0.3 is 10.4 Å². The second-order valence-corrected chi connectivity index (χ2v) is 5.58. The molecule has 0 fully saturated rings. The van der Waals surface area contributed by atoms with Crippen LogP contribution in [0.4, 0.5) is 4.39 Å². The van der Waals surface area contributed by atoms with E-state index in [2.05, 4.69) is 10.4 Å². The predicted octanol–water partition coefficient (Wildman–Crippen LogP) is 1.52. The number of halogens is 1. The van der Waals surface area contributed by atoms with E-state index >= 15 is 0 Å². The molecule has 0 radical (unpaired) electrons. The molecule has 2 aromatic rings. The number of carbonyl (C=O) groups excluding carboxylic acids is 1. The fourth-order valence-electron chi connectivity index (χ4n) is 2.11. The average molecular weight is 305 g/mol. The van der Waals surface area contributed by atoms with Gasteiger partial charge in [0.15, 0.2) is 0 Å². The topological polar surface area (TPSA) is 67.2 Å². The number of nitrogens with one attached hydrogen (secondary N) is 1. The molecular weight excluding hydrogens is 285 g/mol. The molecule has 118 valence electrons. The third kappa shape index (κ3) is 4.39. The Morgan fingerprint density at radius 3 is 2.91 bits per heavy atom.